The number of benzene rings is 2. The lowest BCUT2D eigenvalue weighted by molar-refractivity contribution is -0.117. The molecule has 0 saturated carbocycles. The molecule has 7 nitrogen and oxygen atoms in total. The zero-order valence-corrected chi connectivity index (χ0v) is 15.9. The number of likely N-dealkylation sites (N-methyl/N-ethyl adjacent to an activating group) is 1. The summed E-state index contributed by atoms with van der Waals surface area (Å²) in [5.41, 5.74) is 1.74. The van der Waals surface area contributed by atoms with E-state index in [1.165, 1.54) is 6.07 Å². The maximum Gasteiger partial charge on any atom is 0.241 e. The molecule has 0 aliphatic rings. The van der Waals surface area contributed by atoms with Gasteiger partial charge in [0, 0.05) is 17.3 Å². The van der Waals surface area contributed by atoms with Gasteiger partial charge in [-0.15, -0.1) is 0 Å². The summed E-state index contributed by atoms with van der Waals surface area (Å²) in [6, 6.07) is 11.9. The van der Waals surface area contributed by atoms with Crippen LogP contribution in [-0.4, -0.2) is 41.6 Å². The van der Waals surface area contributed by atoms with Gasteiger partial charge in [0.25, 0.3) is 0 Å². The summed E-state index contributed by atoms with van der Waals surface area (Å²) in [7, 11) is 3.33. The molecule has 0 spiro atoms. The number of aryl methyl sites for hydroxylation is 1. The predicted molar refractivity (Wildman–Crippen MR) is 102 cm³/mol. The molecule has 0 radical (unpaired) electrons. The summed E-state index contributed by atoms with van der Waals surface area (Å²) in [6.07, 6.45) is 0. The van der Waals surface area contributed by atoms with E-state index in [0.29, 0.717) is 34.3 Å². The van der Waals surface area contributed by atoms with Crippen molar-refractivity contribution in [2.24, 2.45) is 0 Å². The Hall–Kier alpha value is -3.26. The van der Waals surface area contributed by atoms with Crippen molar-refractivity contribution in [2.45, 2.75) is 13.5 Å². The minimum atomic E-state index is -0.324. The molecular weight excluding hydrogens is 363 g/mol. The monoisotopic (exact) mass is 384 g/mol. The highest BCUT2D eigenvalue weighted by Crippen LogP contribution is 2.19. The van der Waals surface area contributed by atoms with Crippen molar-refractivity contribution in [3.8, 4) is 17.1 Å². The van der Waals surface area contributed by atoms with E-state index >= 15 is 0 Å². The molecule has 146 valence electrons. The second-order valence-corrected chi connectivity index (χ2v) is 6.43. The zero-order chi connectivity index (χ0) is 20.1. The molecular formula is C20H21FN4O3. The Morgan fingerprint density at radius 3 is 2.86 bits per heavy atom. The van der Waals surface area contributed by atoms with E-state index in [1.54, 1.807) is 62.4 Å². The average Bonchev–Trinajstić information content (AvgIpc) is 3.12. The van der Waals surface area contributed by atoms with Crippen molar-refractivity contribution in [3.63, 3.8) is 0 Å². The van der Waals surface area contributed by atoms with E-state index in [0.717, 1.165) is 0 Å². The number of nitrogens with one attached hydrogen (secondary N) is 1. The molecule has 1 heterocycles. The third kappa shape index (κ3) is 4.92. The summed E-state index contributed by atoms with van der Waals surface area (Å²) in [5.74, 6) is 0.805. The molecule has 3 rings (SSSR count). The molecule has 0 aliphatic carbocycles. The van der Waals surface area contributed by atoms with Crippen LogP contribution in [0.2, 0.25) is 0 Å². The van der Waals surface area contributed by atoms with Crippen LogP contribution in [0.5, 0.6) is 5.75 Å². The Bertz CT molecular complexity index is 974. The van der Waals surface area contributed by atoms with Crippen LogP contribution in [0.4, 0.5) is 10.1 Å². The minimum Gasteiger partial charge on any atom is -0.497 e. The lowest BCUT2D eigenvalue weighted by Gasteiger charge is -2.14. The van der Waals surface area contributed by atoms with Gasteiger partial charge in [-0.3, -0.25) is 9.69 Å². The van der Waals surface area contributed by atoms with Crippen LogP contribution in [0, 0.1) is 12.7 Å². The van der Waals surface area contributed by atoms with Crippen molar-refractivity contribution < 1.29 is 18.4 Å². The lowest BCUT2D eigenvalue weighted by atomic mass is 10.1. The third-order valence-corrected chi connectivity index (χ3v) is 4.07. The Labute approximate surface area is 162 Å². The first-order valence-corrected chi connectivity index (χ1v) is 8.66. The summed E-state index contributed by atoms with van der Waals surface area (Å²) >= 11 is 0. The molecule has 0 saturated heterocycles. The molecule has 2 aromatic carbocycles. The Balaban J connectivity index is 1.57. The maximum absolute atomic E-state index is 13.7. The van der Waals surface area contributed by atoms with Crippen LogP contribution in [-0.2, 0) is 11.3 Å². The Kier molecular flexibility index (Phi) is 6.00. The third-order valence-electron chi connectivity index (χ3n) is 4.07. The predicted octanol–water partition coefficient (Wildman–Crippen LogP) is 3.26. The van der Waals surface area contributed by atoms with E-state index in [9.17, 15) is 9.18 Å². The standard InChI is InChI=1S/C20H21FN4O3/c1-13-7-8-14(9-17(13)21)20-23-19(28-24-20)12-25(2)11-18(26)22-15-5-4-6-16(10-15)27-3/h4-10H,11-12H2,1-3H3,(H,22,26). The highest BCUT2D eigenvalue weighted by atomic mass is 19.1. The highest BCUT2D eigenvalue weighted by Gasteiger charge is 2.14. The van der Waals surface area contributed by atoms with E-state index in [2.05, 4.69) is 15.5 Å². The number of carbonyl (C=O) groups excluding carboxylic acids is 1. The number of amides is 1. The Morgan fingerprint density at radius 2 is 2.11 bits per heavy atom. The fourth-order valence-electron chi connectivity index (χ4n) is 2.60. The van der Waals surface area contributed by atoms with Crippen LogP contribution in [0.3, 0.4) is 0 Å². The van der Waals surface area contributed by atoms with Crippen molar-refractivity contribution in [3.05, 3.63) is 59.7 Å². The van der Waals surface area contributed by atoms with Crippen molar-refractivity contribution in [1.82, 2.24) is 15.0 Å². The van der Waals surface area contributed by atoms with Crippen molar-refractivity contribution >= 4 is 11.6 Å². The number of hydrogen-bond donors (Lipinski definition) is 1. The number of rotatable bonds is 7. The number of carbonyl (C=O) groups is 1. The van der Waals surface area contributed by atoms with Gasteiger partial charge >= 0.3 is 0 Å². The number of ether oxygens (including phenoxy) is 1. The second-order valence-electron chi connectivity index (χ2n) is 6.43. The molecule has 0 atom stereocenters. The van der Waals surface area contributed by atoms with Gasteiger partial charge in [0.2, 0.25) is 17.6 Å². The first kappa shape index (κ1) is 19.5. The van der Waals surface area contributed by atoms with Crippen LogP contribution < -0.4 is 10.1 Å². The SMILES string of the molecule is COc1cccc(NC(=O)CN(C)Cc2nc(-c3ccc(C)c(F)c3)no2)c1. The van der Waals surface area contributed by atoms with Gasteiger partial charge in [0.15, 0.2) is 0 Å². The topological polar surface area (TPSA) is 80.5 Å². The molecule has 8 heteroatoms. The molecule has 1 N–H and O–H groups in total. The van der Waals surface area contributed by atoms with E-state index in [-0.39, 0.29) is 24.8 Å². The number of aromatic nitrogens is 2. The molecule has 0 fully saturated rings. The second kappa shape index (κ2) is 8.62. The van der Waals surface area contributed by atoms with E-state index in [1.807, 2.05) is 0 Å². The van der Waals surface area contributed by atoms with Crippen LogP contribution in [0.1, 0.15) is 11.5 Å². The Morgan fingerprint density at radius 1 is 1.29 bits per heavy atom. The van der Waals surface area contributed by atoms with Gasteiger partial charge in [-0.2, -0.15) is 4.98 Å². The van der Waals surface area contributed by atoms with E-state index < -0.39 is 0 Å². The first-order valence-electron chi connectivity index (χ1n) is 8.66. The van der Waals surface area contributed by atoms with Gasteiger partial charge in [-0.1, -0.05) is 23.4 Å². The largest absolute Gasteiger partial charge is 0.497 e. The van der Waals surface area contributed by atoms with Crippen molar-refractivity contribution in [2.75, 3.05) is 26.0 Å². The summed E-state index contributed by atoms with van der Waals surface area (Å²) in [4.78, 5) is 18.2. The molecule has 0 unspecified atom stereocenters. The van der Waals surface area contributed by atoms with Crippen LogP contribution in [0.15, 0.2) is 47.0 Å². The average molecular weight is 384 g/mol. The number of halogens is 1. The van der Waals surface area contributed by atoms with E-state index in [4.69, 9.17) is 9.26 Å². The maximum atomic E-state index is 13.7. The highest BCUT2D eigenvalue weighted by molar-refractivity contribution is 5.92. The zero-order valence-electron chi connectivity index (χ0n) is 15.9. The molecule has 1 amide bonds. The fraction of sp³-hybridized carbons (Fsp3) is 0.250. The van der Waals surface area contributed by atoms with Gasteiger partial charge in [-0.05, 0) is 37.7 Å². The summed E-state index contributed by atoms with van der Waals surface area (Å²) < 4.78 is 24.1. The fourth-order valence-corrected chi connectivity index (χ4v) is 2.60. The normalized spacial score (nSPS) is 10.9. The number of methoxy groups -OCH3 is 1. The molecule has 28 heavy (non-hydrogen) atoms. The number of anilines is 1. The van der Waals surface area contributed by atoms with Gasteiger partial charge in [0.05, 0.1) is 20.2 Å². The summed E-state index contributed by atoms with van der Waals surface area (Å²) in [6.45, 7) is 2.10. The number of nitrogens with zero attached hydrogens (tertiary/aromatic N) is 3. The molecule has 1 aromatic heterocycles. The molecule has 0 bridgehead atoms. The van der Waals surface area contributed by atoms with Crippen molar-refractivity contribution in [1.29, 1.82) is 0 Å². The first-order chi connectivity index (χ1) is 13.4. The van der Waals surface area contributed by atoms with Gasteiger partial charge in [-0.25, -0.2) is 4.39 Å². The number of hydrogen-bond acceptors (Lipinski definition) is 6. The molecule has 3 aromatic rings. The van der Waals surface area contributed by atoms with Crippen LogP contribution >= 0.6 is 0 Å². The lowest BCUT2D eigenvalue weighted by Crippen LogP contribution is -2.29. The van der Waals surface area contributed by atoms with Crippen LogP contribution in [0.25, 0.3) is 11.4 Å². The minimum absolute atomic E-state index is 0.133. The van der Waals surface area contributed by atoms with Gasteiger partial charge < -0.3 is 14.6 Å². The quantitative estimate of drug-likeness (QED) is 0.673. The van der Waals surface area contributed by atoms with Gasteiger partial charge in [0.1, 0.15) is 11.6 Å². The smallest absolute Gasteiger partial charge is 0.241 e. The summed E-state index contributed by atoms with van der Waals surface area (Å²) in [5, 5.41) is 6.69. The molecule has 0 aliphatic heterocycles.